The molecule has 3 unspecified atom stereocenters. The molecule has 0 bridgehead atoms. The van der Waals surface area contributed by atoms with Crippen molar-refractivity contribution in [1.82, 2.24) is 29.6 Å². The Morgan fingerprint density at radius 1 is 1.26 bits per heavy atom. The molecule has 2 aliphatic rings. The molecule has 34 heavy (non-hydrogen) atoms. The lowest BCUT2D eigenvalue weighted by Gasteiger charge is -2.39. The number of carbonyl (C=O) groups is 2. The third-order valence-electron chi connectivity index (χ3n) is 6.10. The number of hydrogen-bond donors (Lipinski definition) is 2. The van der Waals surface area contributed by atoms with Crippen molar-refractivity contribution in [2.24, 2.45) is 4.99 Å². The number of carbonyl (C=O) groups excluding carboxylic acids is 2. The number of β-amino-alcohol motifs (C(OH)–C–C–N with tert-alkyl or cyclic N) is 1. The van der Waals surface area contributed by atoms with Crippen LogP contribution in [0.1, 0.15) is 12.0 Å². The standard InChI is InChI=1S/C23H31N7O4/c1-16-7-4-5-8-18(16)34-14-17(31)13-30-19-20(27(2)23(33)28(3)21(19)32)26-22(30)25-9-6-11-29-12-10-24-15-29/h4-5,7-8,10,12,15,17,19-20,31H,6,9,11,13-14H2,1-3H3,(H,25,26). The molecule has 3 amide bonds. The number of aliphatic hydroxyl groups excluding tert-OH is 1. The molecule has 11 nitrogen and oxygen atoms in total. The number of benzene rings is 1. The lowest BCUT2D eigenvalue weighted by molar-refractivity contribution is -0.136. The maximum absolute atomic E-state index is 13.0. The zero-order valence-electron chi connectivity index (χ0n) is 19.7. The predicted octanol–water partition coefficient (Wildman–Crippen LogP) is 0.501. The molecule has 1 aromatic carbocycles. The molecular weight excluding hydrogens is 438 g/mol. The second kappa shape index (κ2) is 10.1. The van der Waals surface area contributed by atoms with Crippen molar-refractivity contribution in [2.75, 3.05) is 33.8 Å². The Labute approximate surface area is 198 Å². The topological polar surface area (TPSA) is 116 Å². The first-order valence-corrected chi connectivity index (χ1v) is 11.3. The first kappa shape index (κ1) is 23.6. The normalized spacial score (nSPS) is 22.2. The van der Waals surface area contributed by atoms with Gasteiger partial charge in [-0.15, -0.1) is 0 Å². The number of aliphatic hydroxyl groups is 1. The van der Waals surface area contributed by atoms with E-state index in [1.807, 2.05) is 42.0 Å². The van der Waals surface area contributed by atoms with Gasteiger partial charge in [-0.05, 0) is 25.0 Å². The molecule has 3 heterocycles. The number of ether oxygens (including phenoxy) is 1. The average molecular weight is 470 g/mol. The molecule has 2 aliphatic heterocycles. The molecule has 2 N–H and O–H groups in total. The zero-order valence-corrected chi connectivity index (χ0v) is 19.7. The number of nitrogens with one attached hydrogen (secondary N) is 1. The van der Waals surface area contributed by atoms with Crippen LogP contribution in [-0.4, -0.2) is 99.4 Å². The van der Waals surface area contributed by atoms with E-state index in [9.17, 15) is 14.7 Å². The van der Waals surface area contributed by atoms with Crippen LogP contribution in [0.2, 0.25) is 0 Å². The summed E-state index contributed by atoms with van der Waals surface area (Å²) < 4.78 is 7.77. The molecule has 2 fully saturated rings. The van der Waals surface area contributed by atoms with E-state index in [0.717, 1.165) is 23.4 Å². The molecule has 4 rings (SSSR count). The molecule has 182 valence electrons. The SMILES string of the molecule is Cc1ccccc1OCC(O)CN1C(=NCCCn2ccnc2)NC2C1C(=O)N(C)C(=O)N2C. The monoisotopic (exact) mass is 469 g/mol. The number of imidazole rings is 1. The van der Waals surface area contributed by atoms with E-state index in [1.54, 1.807) is 24.5 Å². The van der Waals surface area contributed by atoms with Gasteiger partial charge in [-0.1, -0.05) is 18.2 Å². The van der Waals surface area contributed by atoms with Crippen molar-refractivity contribution in [1.29, 1.82) is 0 Å². The lowest BCUT2D eigenvalue weighted by Crippen LogP contribution is -2.65. The van der Waals surface area contributed by atoms with Crippen LogP contribution in [0.5, 0.6) is 5.75 Å². The van der Waals surface area contributed by atoms with Crippen LogP contribution < -0.4 is 10.1 Å². The number of imide groups is 1. The number of amides is 3. The van der Waals surface area contributed by atoms with E-state index >= 15 is 0 Å². The number of guanidine groups is 1. The van der Waals surface area contributed by atoms with Crippen molar-refractivity contribution in [3.05, 3.63) is 48.5 Å². The number of para-hydroxylation sites is 1. The van der Waals surface area contributed by atoms with Crippen molar-refractivity contribution in [3.8, 4) is 5.75 Å². The minimum absolute atomic E-state index is 0.0610. The summed E-state index contributed by atoms with van der Waals surface area (Å²) >= 11 is 0. The number of fused-ring (bicyclic) bond motifs is 1. The molecule has 1 aromatic heterocycles. The minimum atomic E-state index is -0.877. The largest absolute Gasteiger partial charge is 0.491 e. The Balaban J connectivity index is 1.47. The zero-order chi connectivity index (χ0) is 24.2. The number of urea groups is 1. The fourth-order valence-corrected chi connectivity index (χ4v) is 4.20. The van der Waals surface area contributed by atoms with E-state index in [4.69, 9.17) is 4.74 Å². The lowest BCUT2D eigenvalue weighted by atomic mass is 10.1. The van der Waals surface area contributed by atoms with E-state index in [2.05, 4.69) is 15.3 Å². The summed E-state index contributed by atoms with van der Waals surface area (Å²) in [4.78, 5) is 38.5. The molecule has 0 spiro atoms. The number of rotatable bonds is 9. The summed E-state index contributed by atoms with van der Waals surface area (Å²) in [6.45, 7) is 3.40. The molecule has 0 aliphatic carbocycles. The van der Waals surface area contributed by atoms with Crippen LogP contribution in [0.3, 0.4) is 0 Å². The highest BCUT2D eigenvalue weighted by Gasteiger charge is 2.52. The minimum Gasteiger partial charge on any atom is -0.491 e. The van der Waals surface area contributed by atoms with Gasteiger partial charge in [0.15, 0.2) is 12.0 Å². The third kappa shape index (κ3) is 4.84. The van der Waals surface area contributed by atoms with E-state index in [1.165, 1.54) is 11.9 Å². The molecular formula is C23H31N7O4. The number of aliphatic imine (C=N–C) groups is 1. The summed E-state index contributed by atoms with van der Waals surface area (Å²) in [6.07, 6.45) is 4.70. The van der Waals surface area contributed by atoms with Gasteiger partial charge in [0.2, 0.25) is 0 Å². The van der Waals surface area contributed by atoms with E-state index < -0.39 is 18.3 Å². The number of aryl methyl sites for hydroxylation is 2. The van der Waals surface area contributed by atoms with Crippen molar-refractivity contribution in [3.63, 3.8) is 0 Å². The predicted molar refractivity (Wildman–Crippen MR) is 125 cm³/mol. The van der Waals surface area contributed by atoms with Crippen LogP contribution in [0, 0.1) is 6.92 Å². The number of aromatic nitrogens is 2. The van der Waals surface area contributed by atoms with Crippen molar-refractivity contribution >= 4 is 17.9 Å². The summed E-state index contributed by atoms with van der Waals surface area (Å²) in [6, 6.07) is 6.52. The highest BCUT2D eigenvalue weighted by atomic mass is 16.5. The van der Waals surface area contributed by atoms with Gasteiger partial charge in [0.1, 0.15) is 24.6 Å². The Bertz CT molecular complexity index is 1040. The molecule has 11 heteroatoms. The van der Waals surface area contributed by atoms with Gasteiger partial charge in [-0.2, -0.15) is 0 Å². The van der Waals surface area contributed by atoms with Crippen LogP contribution in [0.15, 0.2) is 48.0 Å². The molecule has 0 radical (unpaired) electrons. The maximum atomic E-state index is 13.0. The van der Waals surface area contributed by atoms with Gasteiger partial charge in [0.05, 0.1) is 12.9 Å². The first-order valence-electron chi connectivity index (χ1n) is 11.3. The van der Waals surface area contributed by atoms with Gasteiger partial charge in [-0.25, -0.2) is 9.78 Å². The summed E-state index contributed by atoms with van der Waals surface area (Å²) in [7, 11) is 3.11. The second-order valence-electron chi connectivity index (χ2n) is 8.57. The fourth-order valence-electron chi connectivity index (χ4n) is 4.20. The number of likely N-dealkylation sites (N-methyl/N-ethyl adjacent to an activating group) is 2. The van der Waals surface area contributed by atoms with E-state index in [0.29, 0.717) is 18.3 Å². The highest BCUT2D eigenvalue weighted by molar-refractivity contribution is 6.04. The van der Waals surface area contributed by atoms with Gasteiger partial charge < -0.3 is 29.5 Å². The first-order chi connectivity index (χ1) is 16.4. The van der Waals surface area contributed by atoms with Crippen LogP contribution >= 0.6 is 0 Å². The number of nitrogens with zero attached hydrogens (tertiary/aromatic N) is 6. The Morgan fingerprint density at radius 2 is 2.06 bits per heavy atom. The second-order valence-corrected chi connectivity index (χ2v) is 8.57. The van der Waals surface area contributed by atoms with Gasteiger partial charge in [0.25, 0.3) is 5.91 Å². The summed E-state index contributed by atoms with van der Waals surface area (Å²) in [5.41, 5.74) is 0.974. The molecule has 2 saturated heterocycles. The molecule has 3 atom stereocenters. The van der Waals surface area contributed by atoms with Gasteiger partial charge in [-0.3, -0.25) is 14.7 Å². The smallest absolute Gasteiger partial charge is 0.327 e. The van der Waals surface area contributed by atoms with Gasteiger partial charge in [0, 0.05) is 39.6 Å². The van der Waals surface area contributed by atoms with Crippen LogP contribution in [-0.2, 0) is 11.3 Å². The number of hydrogen-bond acceptors (Lipinski definition) is 6. The summed E-state index contributed by atoms with van der Waals surface area (Å²) in [5, 5.41) is 14.0. The highest BCUT2D eigenvalue weighted by Crippen LogP contribution is 2.25. The Kier molecular flexibility index (Phi) is 7.01. The Hall–Kier alpha value is -3.60. The summed E-state index contributed by atoms with van der Waals surface area (Å²) in [5.74, 6) is 0.848. The van der Waals surface area contributed by atoms with Crippen molar-refractivity contribution in [2.45, 2.75) is 38.2 Å². The average Bonchev–Trinajstić information content (AvgIpc) is 3.47. The third-order valence-corrected chi connectivity index (χ3v) is 6.10. The molecule has 2 aromatic rings. The maximum Gasteiger partial charge on any atom is 0.327 e. The quantitative estimate of drug-likeness (QED) is 0.514. The van der Waals surface area contributed by atoms with Crippen molar-refractivity contribution < 1.29 is 19.4 Å². The van der Waals surface area contributed by atoms with Crippen LogP contribution in [0.25, 0.3) is 0 Å². The van der Waals surface area contributed by atoms with Crippen LogP contribution in [0.4, 0.5) is 4.79 Å². The molecule has 0 saturated carbocycles. The Morgan fingerprint density at radius 3 is 2.79 bits per heavy atom. The van der Waals surface area contributed by atoms with Gasteiger partial charge >= 0.3 is 6.03 Å². The van der Waals surface area contributed by atoms with E-state index in [-0.39, 0.29) is 25.1 Å². The fraction of sp³-hybridized carbons (Fsp3) is 0.478.